The Kier molecular flexibility index (Phi) is 4.58. The lowest BCUT2D eigenvalue weighted by molar-refractivity contribution is -0.136. The molecule has 0 saturated carbocycles. The predicted octanol–water partition coefficient (Wildman–Crippen LogP) is 2.44. The van der Waals surface area contributed by atoms with E-state index in [2.05, 4.69) is 29.1 Å². The molecule has 1 atom stereocenters. The van der Waals surface area contributed by atoms with Gasteiger partial charge in [0.2, 0.25) is 0 Å². The molecule has 0 radical (unpaired) electrons. The number of aliphatic carboxylic acids is 1. The number of carboxylic acid groups (broad SMARTS) is 1. The summed E-state index contributed by atoms with van der Waals surface area (Å²) < 4.78 is 2.09. The second-order valence-electron chi connectivity index (χ2n) is 4.97. The average molecular weight is 272 g/mol. The van der Waals surface area contributed by atoms with E-state index in [1.54, 1.807) is 0 Å². The van der Waals surface area contributed by atoms with Crippen LogP contribution in [-0.4, -0.2) is 22.7 Å². The van der Waals surface area contributed by atoms with Crippen LogP contribution in [0.25, 0.3) is 0 Å². The third kappa shape index (κ3) is 3.48. The van der Waals surface area contributed by atoms with E-state index in [1.807, 2.05) is 37.5 Å². The zero-order valence-electron chi connectivity index (χ0n) is 11.8. The van der Waals surface area contributed by atoms with E-state index in [4.69, 9.17) is 5.11 Å². The molecule has 106 valence electrons. The van der Waals surface area contributed by atoms with E-state index < -0.39 is 5.97 Å². The van der Waals surface area contributed by atoms with Gasteiger partial charge in [0.15, 0.2) is 0 Å². The number of hydrogen-bond donors (Lipinski definition) is 2. The van der Waals surface area contributed by atoms with E-state index in [-0.39, 0.29) is 6.42 Å². The maximum Gasteiger partial charge on any atom is 0.307 e. The molecular weight excluding hydrogens is 252 g/mol. The van der Waals surface area contributed by atoms with Gasteiger partial charge in [0.1, 0.15) is 0 Å². The predicted molar refractivity (Wildman–Crippen MR) is 78.8 cm³/mol. The van der Waals surface area contributed by atoms with Crippen LogP contribution in [0.2, 0.25) is 0 Å². The molecule has 0 spiro atoms. The first-order chi connectivity index (χ1) is 9.60. The van der Waals surface area contributed by atoms with Gasteiger partial charge in [0.25, 0.3) is 0 Å². The lowest BCUT2D eigenvalue weighted by atomic mass is 10.0. The summed E-state index contributed by atoms with van der Waals surface area (Å²) in [6.07, 6.45) is 4.19. The van der Waals surface area contributed by atoms with Crippen molar-refractivity contribution in [3.05, 3.63) is 59.4 Å². The summed E-state index contributed by atoms with van der Waals surface area (Å²) in [5.74, 6) is -0.797. The SMILES string of the molecule is CNC(C)c1ccn(Cc2ccccc2CC(=O)O)c1. The van der Waals surface area contributed by atoms with Crippen molar-refractivity contribution in [2.45, 2.75) is 25.9 Å². The standard InChI is InChI=1S/C16H20N2O2/c1-12(17-2)14-7-8-18(10-14)11-15-6-4-3-5-13(15)9-16(19)20/h3-8,10,12,17H,9,11H2,1-2H3,(H,19,20). The van der Waals surface area contributed by atoms with Crippen LogP contribution in [0.15, 0.2) is 42.7 Å². The summed E-state index contributed by atoms with van der Waals surface area (Å²) in [5.41, 5.74) is 3.15. The maximum atomic E-state index is 10.9. The second kappa shape index (κ2) is 6.39. The fraction of sp³-hybridized carbons (Fsp3) is 0.312. The molecule has 2 aromatic rings. The van der Waals surface area contributed by atoms with Crippen LogP contribution < -0.4 is 5.32 Å². The highest BCUT2D eigenvalue weighted by Crippen LogP contribution is 2.16. The van der Waals surface area contributed by atoms with Crippen molar-refractivity contribution in [1.29, 1.82) is 0 Å². The van der Waals surface area contributed by atoms with Gasteiger partial charge < -0.3 is 15.0 Å². The number of benzene rings is 1. The number of carboxylic acids is 1. The molecule has 0 amide bonds. The number of hydrogen-bond acceptors (Lipinski definition) is 2. The fourth-order valence-corrected chi connectivity index (χ4v) is 2.22. The lowest BCUT2D eigenvalue weighted by Gasteiger charge is -2.10. The summed E-state index contributed by atoms with van der Waals surface area (Å²) in [6.45, 7) is 2.80. The van der Waals surface area contributed by atoms with Crippen molar-refractivity contribution in [3.8, 4) is 0 Å². The Balaban J connectivity index is 2.17. The van der Waals surface area contributed by atoms with Crippen molar-refractivity contribution < 1.29 is 9.90 Å². The second-order valence-corrected chi connectivity index (χ2v) is 4.97. The van der Waals surface area contributed by atoms with Crippen LogP contribution in [-0.2, 0) is 17.8 Å². The number of aromatic nitrogens is 1. The van der Waals surface area contributed by atoms with E-state index >= 15 is 0 Å². The average Bonchev–Trinajstić information content (AvgIpc) is 2.88. The Hall–Kier alpha value is -2.07. The number of nitrogens with zero attached hydrogens (tertiary/aromatic N) is 1. The molecule has 0 saturated heterocycles. The fourth-order valence-electron chi connectivity index (χ4n) is 2.22. The molecule has 0 bridgehead atoms. The van der Waals surface area contributed by atoms with Gasteiger partial charge in [-0.3, -0.25) is 4.79 Å². The molecule has 2 rings (SSSR count). The van der Waals surface area contributed by atoms with Gasteiger partial charge in [-0.2, -0.15) is 0 Å². The molecule has 0 fully saturated rings. The molecule has 1 unspecified atom stereocenters. The van der Waals surface area contributed by atoms with Gasteiger partial charge in [0, 0.05) is 25.0 Å². The minimum atomic E-state index is -0.797. The largest absolute Gasteiger partial charge is 0.481 e. The highest BCUT2D eigenvalue weighted by atomic mass is 16.4. The van der Waals surface area contributed by atoms with Crippen LogP contribution in [0.4, 0.5) is 0 Å². The van der Waals surface area contributed by atoms with Crippen molar-refractivity contribution in [2.24, 2.45) is 0 Å². The van der Waals surface area contributed by atoms with Crippen molar-refractivity contribution in [2.75, 3.05) is 7.05 Å². The van der Waals surface area contributed by atoms with Crippen molar-refractivity contribution in [1.82, 2.24) is 9.88 Å². The third-order valence-corrected chi connectivity index (χ3v) is 3.52. The third-order valence-electron chi connectivity index (χ3n) is 3.52. The first-order valence-corrected chi connectivity index (χ1v) is 6.71. The van der Waals surface area contributed by atoms with Crippen LogP contribution in [0.5, 0.6) is 0 Å². The zero-order chi connectivity index (χ0) is 14.5. The highest BCUT2D eigenvalue weighted by molar-refractivity contribution is 5.70. The van der Waals surface area contributed by atoms with E-state index in [9.17, 15) is 4.79 Å². The topological polar surface area (TPSA) is 54.3 Å². The summed E-state index contributed by atoms with van der Waals surface area (Å²) in [5, 5.41) is 12.2. The minimum Gasteiger partial charge on any atom is -0.481 e. The smallest absolute Gasteiger partial charge is 0.307 e. The van der Waals surface area contributed by atoms with Crippen molar-refractivity contribution in [3.63, 3.8) is 0 Å². The van der Waals surface area contributed by atoms with Crippen LogP contribution in [0, 0.1) is 0 Å². The molecular formula is C16H20N2O2. The summed E-state index contributed by atoms with van der Waals surface area (Å²) in [4.78, 5) is 10.9. The summed E-state index contributed by atoms with van der Waals surface area (Å²) in [7, 11) is 1.93. The molecule has 0 aliphatic heterocycles. The van der Waals surface area contributed by atoms with E-state index in [1.165, 1.54) is 5.56 Å². The van der Waals surface area contributed by atoms with Crippen LogP contribution in [0.1, 0.15) is 29.7 Å². The highest BCUT2D eigenvalue weighted by Gasteiger charge is 2.08. The Morgan fingerprint density at radius 3 is 2.65 bits per heavy atom. The number of nitrogens with one attached hydrogen (secondary N) is 1. The van der Waals surface area contributed by atoms with Gasteiger partial charge in [-0.25, -0.2) is 0 Å². The molecule has 1 aromatic heterocycles. The van der Waals surface area contributed by atoms with Crippen LogP contribution in [0.3, 0.4) is 0 Å². The molecule has 1 heterocycles. The first kappa shape index (κ1) is 14.3. The Morgan fingerprint density at radius 2 is 2.00 bits per heavy atom. The maximum absolute atomic E-state index is 10.9. The molecule has 4 heteroatoms. The Morgan fingerprint density at radius 1 is 1.30 bits per heavy atom. The minimum absolute atomic E-state index is 0.0667. The Bertz CT molecular complexity index is 590. The van der Waals surface area contributed by atoms with Crippen LogP contribution >= 0.6 is 0 Å². The Labute approximate surface area is 119 Å². The normalized spacial score (nSPS) is 12.3. The van der Waals surface area contributed by atoms with Gasteiger partial charge >= 0.3 is 5.97 Å². The lowest BCUT2D eigenvalue weighted by Crippen LogP contribution is -2.11. The first-order valence-electron chi connectivity index (χ1n) is 6.71. The molecule has 4 nitrogen and oxygen atoms in total. The molecule has 1 aromatic carbocycles. The van der Waals surface area contributed by atoms with Gasteiger partial charge in [-0.15, -0.1) is 0 Å². The molecule has 2 N–H and O–H groups in total. The molecule has 0 aliphatic carbocycles. The monoisotopic (exact) mass is 272 g/mol. The number of rotatable bonds is 6. The number of carbonyl (C=O) groups is 1. The van der Waals surface area contributed by atoms with Crippen molar-refractivity contribution >= 4 is 5.97 Å². The van der Waals surface area contributed by atoms with Gasteiger partial charge in [-0.1, -0.05) is 24.3 Å². The summed E-state index contributed by atoms with van der Waals surface area (Å²) in [6, 6.07) is 10.1. The quantitative estimate of drug-likeness (QED) is 0.849. The molecule has 0 aliphatic rings. The van der Waals surface area contributed by atoms with Gasteiger partial charge in [-0.05, 0) is 36.7 Å². The van der Waals surface area contributed by atoms with E-state index in [0.29, 0.717) is 12.6 Å². The molecule has 20 heavy (non-hydrogen) atoms. The van der Waals surface area contributed by atoms with Gasteiger partial charge in [0.05, 0.1) is 6.42 Å². The summed E-state index contributed by atoms with van der Waals surface area (Å²) >= 11 is 0. The zero-order valence-corrected chi connectivity index (χ0v) is 11.8. The van der Waals surface area contributed by atoms with E-state index in [0.717, 1.165) is 11.1 Å².